The zero-order chi connectivity index (χ0) is 19.1. The molecule has 0 aliphatic carbocycles. The molecule has 2 radical (unpaired) electrons. The van der Waals surface area contributed by atoms with Gasteiger partial charge in [-0.15, -0.1) is 0 Å². The fraction of sp³-hybridized carbons (Fsp3) is 0.167. The Kier molecular flexibility index (Phi) is 6.72. The van der Waals surface area contributed by atoms with Crippen molar-refractivity contribution < 1.29 is 8.78 Å². The molecule has 0 heterocycles. The van der Waals surface area contributed by atoms with Gasteiger partial charge in [0, 0.05) is 6.54 Å². The van der Waals surface area contributed by atoms with Crippen molar-refractivity contribution >= 4 is 0 Å². The van der Waals surface area contributed by atoms with Crippen LogP contribution in [0.25, 0.3) is 22.3 Å². The van der Waals surface area contributed by atoms with E-state index in [1.807, 2.05) is 0 Å². The van der Waals surface area contributed by atoms with Crippen LogP contribution in [0, 0.1) is 25.0 Å². The maximum absolute atomic E-state index is 13.3. The van der Waals surface area contributed by atoms with Gasteiger partial charge in [0.15, 0.2) is 0 Å². The van der Waals surface area contributed by atoms with Crippen LogP contribution in [-0.4, -0.2) is 6.54 Å². The van der Waals surface area contributed by atoms with Crippen LogP contribution in [0.2, 0.25) is 0 Å². The first kappa shape index (κ1) is 19.2. The molecule has 0 spiro atoms. The summed E-state index contributed by atoms with van der Waals surface area (Å²) in [4.78, 5) is 0. The molecule has 1 N–H and O–H groups in total. The second kappa shape index (κ2) is 9.43. The van der Waals surface area contributed by atoms with E-state index in [9.17, 15) is 8.78 Å². The van der Waals surface area contributed by atoms with Crippen molar-refractivity contribution in [2.45, 2.75) is 19.4 Å². The summed E-state index contributed by atoms with van der Waals surface area (Å²) in [5.74, 6) is -0.507. The molecule has 1 nitrogen and oxygen atoms in total. The molecule has 3 rings (SSSR count). The van der Waals surface area contributed by atoms with Crippen molar-refractivity contribution in [2.75, 3.05) is 6.54 Å². The van der Waals surface area contributed by atoms with Crippen LogP contribution in [0.5, 0.6) is 0 Å². The van der Waals surface area contributed by atoms with E-state index in [0.29, 0.717) is 0 Å². The second-order valence-electron chi connectivity index (χ2n) is 6.49. The molecule has 3 heteroatoms. The van der Waals surface area contributed by atoms with E-state index in [1.165, 1.54) is 24.3 Å². The lowest BCUT2D eigenvalue weighted by Crippen LogP contribution is -2.15. The molecule has 0 unspecified atom stereocenters. The summed E-state index contributed by atoms with van der Waals surface area (Å²) in [7, 11) is 0. The van der Waals surface area contributed by atoms with Gasteiger partial charge in [0.25, 0.3) is 0 Å². The van der Waals surface area contributed by atoms with Gasteiger partial charge < -0.3 is 5.32 Å². The van der Waals surface area contributed by atoms with Gasteiger partial charge >= 0.3 is 0 Å². The van der Waals surface area contributed by atoms with Crippen LogP contribution in [0.4, 0.5) is 8.78 Å². The quantitative estimate of drug-likeness (QED) is 0.469. The van der Waals surface area contributed by atoms with Gasteiger partial charge in [-0.1, -0.05) is 37.6 Å². The topological polar surface area (TPSA) is 12.0 Å². The predicted octanol–water partition coefficient (Wildman–Crippen LogP) is 6.21. The standard InChI is InChI=1S/C24H23F2N/c1-2-3-4-13-27-17-18-14-21(19-5-9-23(25)10-6-19)16-22(15-18)20-7-11-24(26)12-8-20/h4-12,14-16,27H,1-3,13,17H2. The van der Waals surface area contributed by atoms with Crippen LogP contribution in [0.1, 0.15) is 18.4 Å². The first-order valence-electron chi connectivity index (χ1n) is 9.13. The normalized spacial score (nSPS) is 10.9. The summed E-state index contributed by atoms with van der Waals surface area (Å²) in [6, 6.07) is 19.2. The largest absolute Gasteiger partial charge is 0.312 e. The number of hydrogen-bond acceptors (Lipinski definition) is 1. The number of hydrogen-bond donors (Lipinski definition) is 1. The molecule has 3 aromatic rings. The van der Waals surface area contributed by atoms with E-state index >= 15 is 0 Å². The van der Waals surface area contributed by atoms with E-state index in [4.69, 9.17) is 0 Å². The first-order chi connectivity index (χ1) is 13.2. The maximum atomic E-state index is 13.3. The van der Waals surface area contributed by atoms with Crippen molar-refractivity contribution in [3.8, 4) is 22.3 Å². The van der Waals surface area contributed by atoms with Gasteiger partial charge in [-0.2, -0.15) is 0 Å². The highest BCUT2D eigenvalue weighted by Crippen LogP contribution is 2.29. The van der Waals surface area contributed by atoms with Crippen molar-refractivity contribution in [1.29, 1.82) is 0 Å². The Bertz CT molecular complexity index is 791. The summed E-state index contributed by atoms with van der Waals surface area (Å²) < 4.78 is 26.6. The average molecular weight is 363 g/mol. The molecule has 0 amide bonds. The number of benzene rings is 3. The molecule has 0 fully saturated rings. The summed E-state index contributed by atoms with van der Waals surface area (Å²) in [6.45, 7) is 5.37. The highest BCUT2D eigenvalue weighted by atomic mass is 19.1. The number of halogens is 2. The molecule has 0 aromatic heterocycles. The van der Waals surface area contributed by atoms with Crippen molar-refractivity contribution in [2.24, 2.45) is 0 Å². The van der Waals surface area contributed by atoms with Crippen LogP contribution in [0.15, 0.2) is 66.7 Å². The van der Waals surface area contributed by atoms with Crippen molar-refractivity contribution in [1.82, 2.24) is 5.32 Å². The van der Waals surface area contributed by atoms with Crippen LogP contribution in [0.3, 0.4) is 0 Å². The number of nitrogens with one attached hydrogen (secondary N) is 1. The van der Waals surface area contributed by atoms with Crippen LogP contribution < -0.4 is 5.32 Å². The minimum atomic E-state index is -0.253. The van der Waals surface area contributed by atoms with E-state index in [-0.39, 0.29) is 11.6 Å². The third kappa shape index (κ3) is 5.48. The highest BCUT2D eigenvalue weighted by molar-refractivity contribution is 5.74. The third-order valence-corrected chi connectivity index (χ3v) is 4.37. The van der Waals surface area contributed by atoms with Gasteiger partial charge in [0.2, 0.25) is 0 Å². The van der Waals surface area contributed by atoms with Gasteiger partial charge in [-0.3, -0.25) is 0 Å². The third-order valence-electron chi connectivity index (χ3n) is 4.37. The fourth-order valence-corrected chi connectivity index (χ4v) is 2.98. The van der Waals surface area contributed by atoms with Crippen molar-refractivity contribution in [3.63, 3.8) is 0 Å². The smallest absolute Gasteiger partial charge is 0.123 e. The Morgan fingerprint density at radius 2 is 1.26 bits per heavy atom. The highest BCUT2D eigenvalue weighted by Gasteiger charge is 2.06. The van der Waals surface area contributed by atoms with Crippen LogP contribution >= 0.6 is 0 Å². The SMILES string of the molecule is [CH2]CC[CH]CNCc1cc(-c2ccc(F)cc2)cc(-c2ccc(F)cc2)c1. The summed E-state index contributed by atoms with van der Waals surface area (Å²) in [6.07, 6.45) is 4.07. The molecule has 138 valence electrons. The van der Waals surface area contributed by atoms with E-state index in [2.05, 4.69) is 36.9 Å². The van der Waals surface area contributed by atoms with Gasteiger partial charge in [0.05, 0.1) is 0 Å². The molecule has 0 saturated carbocycles. The lowest BCUT2D eigenvalue weighted by molar-refractivity contribution is 0.627. The second-order valence-corrected chi connectivity index (χ2v) is 6.49. The minimum absolute atomic E-state index is 0.253. The van der Waals surface area contributed by atoms with Crippen molar-refractivity contribution in [3.05, 3.63) is 97.3 Å². The summed E-state index contributed by atoms with van der Waals surface area (Å²) in [5.41, 5.74) is 5.04. The first-order valence-corrected chi connectivity index (χ1v) is 9.13. The molecule has 0 atom stereocenters. The zero-order valence-electron chi connectivity index (χ0n) is 15.2. The van der Waals surface area contributed by atoms with Gasteiger partial charge in [0.1, 0.15) is 11.6 Å². The molecule has 0 bridgehead atoms. The Morgan fingerprint density at radius 1 is 0.741 bits per heavy atom. The van der Waals surface area contributed by atoms with Gasteiger partial charge in [-0.25, -0.2) is 8.78 Å². The Morgan fingerprint density at radius 3 is 1.74 bits per heavy atom. The van der Waals surface area contributed by atoms with E-state index in [0.717, 1.165) is 53.7 Å². The Balaban J connectivity index is 1.89. The summed E-state index contributed by atoms with van der Waals surface area (Å²) >= 11 is 0. The van der Waals surface area contributed by atoms with Gasteiger partial charge in [-0.05, 0) is 89.7 Å². The van der Waals surface area contributed by atoms with E-state index in [1.54, 1.807) is 24.3 Å². The molecular weight excluding hydrogens is 340 g/mol. The lowest BCUT2D eigenvalue weighted by Gasteiger charge is -2.12. The molecule has 27 heavy (non-hydrogen) atoms. The molecular formula is C24H23F2N. The molecule has 3 aromatic carbocycles. The number of unbranched alkanes of at least 4 members (excludes halogenated alkanes) is 2. The molecule has 0 aliphatic heterocycles. The predicted molar refractivity (Wildman–Crippen MR) is 108 cm³/mol. The number of rotatable bonds is 8. The minimum Gasteiger partial charge on any atom is -0.312 e. The van der Waals surface area contributed by atoms with E-state index < -0.39 is 0 Å². The summed E-state index contributed by atoms with van der Waals surface area (Å²) in [5, 5.41) is 3.41. The monoisotopic (exact) mass is 363 g/mol. The Hall–Kier alpha value is -2.52. The average Bonchev–Trinajstić information content (AvgIpc) is 2.69. The molecule has 0 saturated heterocycles. The molecule has 0 aliphatic rings. The zero-order valence-corrected chi connectivity index (χ0v) is 15.2. The maximum Gasteiger partial charge on any atom is 0.123 e. The fourth-order valence-electron chi connectivity index (χ4n) is 2.98. The lowest BCUT2D eigenvalue weighted by atomic mass is 9.96. The Labute approximate surface area is 160 Å². The van der Waals surface area contributed by atoms with Crippen LogP contribution in [-0.2, 0) is 6.54 Å².